The van der Waals surface area contributed by atoms with Gasteiger partial charge in [0, 0.05) is 49.4 Å². The van der Waals surface area contributed by atoms with Gasteiger partial charge >= 0.3 is 0 Å². The third kappa shape index (κ3) is 6.92. The lowest BCUT2D eigenvalue weighted by Crippen LogP contribution is -2.53. The molecule has 1 aromatic heterocycles. The number of halogens is 2. The Morgan fingerprint density at radius 2 is 2.00 bits per heavy atom. The molecule has 0 aromatic carbocycles. The number of nitrogens with zero attached hydrogens (tertiary/aromatic N) is 3. The maximum atomic E-state index is 5.86. The Balaban J connectivity index is 0.00000280. The molecular weight excluding hydrogens is 505 g/mol. The van der Waals surface area contributed by atoms with Gasteiger partial charge in [-0.1, -0.05) is 30.5 Å². The summed E-state index contributed by atoms with van der Waals surface area (Å²) in [5, 5.41) is 7.43. The van der Waals surface area contributed by atoms with Crippen LogP contribution in [0.15, 0.2) is 23.3 Å². The number of guanidine groups is 1. The first kappa shape index (κ1) is 24.0. The highest BCUT2D eigenvalue weighted by molar-refractivity contribution is 14.0. The molecule has 0 unspecified atom stereocenters. The minimum absolute atomic E-state index is 0. The van der Waals surface area contributed by atoms with E-state index < -0.39 is 0 Å². The van der Waals surface area contributed by atoms with Crippen LogP contribution < -0.4 is 10.6 Å². The number of thioether (sulfide) groups is 1. The van der Waals surface area contributed by atoms with Gasteiger partial charge in [-0.25, -0.2) is 4.98 Å². The average Bonchev–Trinajstić information content (AvgIpc) is 3.18. The zero-order valence-corrected chi connectivity index (χ0v) is 20.7. The Bertz CT molecular complexity index is 601. The standard InChI is InChI=1S/C20H32ClN5S.HI/c1-2-22-19(23-10-7-17-5-6-18(21)24-15-17)25-16-20(8-3-4-9-20)26-11-13-27-14-12-26;/h5-6,15H,2-4,7-14,16H2,1H3,(H2,22,23,25);1H. The van der Waals surface area contributed by atoms with Gasteiger partial charge in [0.05, 0.1) is 6.54 Å². The molecule has 1 saturated carbocycles. The van der Waals surface area contributed by atoms with Crippen molar-refractivity contribution in [1.82, 2.24) is 20.5 Å². The van der Waals surface area contributed by atoms with Crippen LogP contribution in [0, 0.1) is 0 Å². The number of hydrogen-bond acceptors (Lipinski definition) is 4. The van der Waals surface area contributed by atoms with Crippen molar-refractivity contribution >= 4 is 53.3 Å². The fraction of sp³-hybridized carbons (Fsp3) is 0.700. The van der Waals surface area contributed by atoms with Gasteiger partial charge in [0.25, 0.3) is 0 Å². The Hall–Kier alpha value is -0.250. The van der Waals surface area contributed by atoms with Gasteiger partial charge in [0.2, 0.25) is 0 Å². The molecule has 5 nitrogen and oxygen atoms in total. The summed E-state index contributed by atoms with van der Waals surface area (Å²) in [7, 11) is 0. The number of pyridine rings is 1. The third-order valence-corrected chi connectivity index (χ3v) is 6.75. The van der Waals surface area contributed by atoms with Crippen molar-refractivity contribution in [1.29, 1.82) is 0 Å². The molecule has 1 saturated heterocycles. The van der Waals surface area contributed by atoms with Gasteiger partial charge in [-0.15, -0.1) is 24.0 Å². The van der Waals surface area contributed by atoms with Crippen LogP contribution in [0.25, 0.3) is 0 Å². The molecule has 0 amide bonds. The Kier molecular flexibility index (Phi) is 10.7. The van der Waals surface area contributed by atoms with Crippen LogP contribution in [-0.4, -0.2) is 65.6 Å². The van der Waals surface area contributed by atoms with Crippen molar-refractivity contribution < 1.29 is 0 Å². The van der Waals surface area contributed by atoms with Crippen molar-refractivity contribution in [2.45, 2.75) is 44.6 Å². The minimum atomic E-state index is 0. The van der Waals surface area contributed by atoms with E-state index >= 15 is 0 Å². The SMILES string of the molecule is CCNC(=NCC1(N2CCSCC2)CCCC1)NCCc1ccc(Cl)nc1.I. The van der Waals surface area contributed by atoms with E-state index in [9.17, 15) is 0 Å². The number of rotatable bonds is 7. The maximum Gasteiger partial charge on any atom is 0.191 e. The summed E-state index contributed by atoms with van der Waals surface area (Å²) in [5.74, 6) is 3.45. The van der Waals surface area contributed by atoms with Gasteiger partial charge in [-0.05, 0) is 37.8 Å². The van der Waals surface area contributed by atoms with E-state index in [1.165, 1.54) is 55.8 Å². The lowest BCUT2D eigenvalue weighted by atomic mass is 9.95. The first-order valence-electron chi connectivity index (χ1n) is 10.2. The monoisotopic (exact) mass is 537 g/mol. The molecule has 0 spiro atoms. The van der Waals surface area contributed by atoms with Crippen LogP contribution in [0.3, 0.4) is 0 Å². The zero-order chi connectivity index (χ0) is 19.0. The third-order valence-electron chi connectivity index (χ3n) is 5.59. The molecule has 1 aliphatic heterocycles. The minimum Gasteiger partial charge on any atom is -0.357 e. The summed E-state index contributed by atoms with van der Waals surface area (Å²) in [4.78, 5) is 11.9. The van der Waals surface area contributed by atoms with E-state index in [0.717, 1.165) is 32.0 Å². The number of aliphatic imine (C=N–C) groups is 1. The van der Waals surface area contributed by atoms with E-state index in [1.807, 2.05) is 18.3 Å². The van der Waals surface area contributed by atoms with Crippen molar-refractivity contribution in [2.24, 2.45) is 4.99 Å². The van der Waals surface area contributed by atoms with E-state index in [-0.39, 0.29) is 29.5 Å². The predicted octanol–water partition coefficient (Wildman–Crippen LogP) is 3.81. The van der Waals surface area contributed by atoms with Crippen molar-refractivity contribution in [3.63, 3.8) is 0 Å². The average molecular weight is 538 g/mol. The van der Waals surface area contributed by atoms with E-state index in [0.29, 0.717) is 5.15 Å². The van der Waals surface area contributed by atoms with E-state index in [1.54, 1.807) is 0 Å². The van der Waals surface area contributed by atoms with E-state index in [4.69, 9.17) is 16.6 Å². The molecule has 158 valence electrons. The summed E-state index contributed by atoms with van der Waals surface area (Å²) < 4.78 is 0. The molecular formula is C20H33ClIN5S. The number of hydrogen-bond donors (Lipinski definition) is 2. The largest absolute Gasteiger partial charge is 0.357 e. The van der Waals surface area contributed by atoms with Gasteiger partial charge in [0.15, 0.2) is 5.96 Å². The quantitative estimate of drug-likeness (QED) is 0.240. The maximum absolute atomic E-state index is 5.86. The van der Waals surface area contributed by atoms with Crippen LogP contribution >= 0.6 is 47.3 Å². The molecule has 0 radical (unpaired) electrons. The summed E-state index contributed by atoms with van der Waals surface area (Å²) >= 11 is 7.94. The van der Waals surface area contributed by atoms with Crippen LogP contribution in [0.1, 0.15) is 38.2 Å². The fourth-order valence-corrected chi connectivity index (χ4v) is 5.11. The molecule has 2 aliphatic rings. The summed E-state index contributed by atoms with van der Waals surface area (Å²) in [6.45, 7) is 7.16. The lowest BCUT2D eigenvalue weighted by Gasteiger charge is -2.42. The molecule has 1 aromatic rings. The number of nitrogens with one attached hydrogen (secondary N) is 2. The summed E-state index contributed by atoms with van der Waals surface area (Å²) in [6.07, 6.45) is 8.01. The van der Waals surface area contributed by atoms with Crippen molar-refractivity contribution in [2.75, 3.05) is 44.2 Å². The molecule has 2 N–H and O–H groups in total. The summed E-state index contributed by atoms with van der Waals surface area (Å²) in [5.41, 5.74) is 1.46. The van der Waals surface area contributed by atoms with Crippen LogP contribution in [-0.2, 0) is 6.42 Å². The highest BCUT2D eigenvalue weighted by Gasteiger charge is 2.39. The molecule has 1 aliphatic carbocycles. The first-order valence-corrected chi connectivity index (χ1v) is 11.7. The summed E-state index contributed by atoms with van der Waals surface area (Å²) in [6, 6.07) is 3.87. The van der Waals surface area contributed by atoms with Crippen LogP contribution in [0.5, 0.6) is 0 Å². The molecule has 3 rings (SSSR count). The Morgan fingerprint density at radius 1 is 1.25 bits per heavy atom. The van der Waals surface area contributed by atoms with Gasteiger partial charge in [-0.2, -0.15) is 11.8 Å². The molecule has 8 heteroatoms. The normalized spacial score (nSPS) is 19.9. The van der Waals surface area contributed by atoms with Crippen molar-refractivity contribution in [3.05, 3.63) is 29.0 Å². The number of aromatic nitrogens is 1. The molecule has 0 atom stereocenters. The molecule has 28 heavy (non-hydrogen) atoms. The second-order valence-electron chi connectivity index (χ2n) is 7.39. The first-order chi connectivity index (χ1) is 13.2. The van der Waals surface area contributed by atoms with E-state index in [2.05, 4.69) is 39.2 Å². The van der Waals surface area contributed by atoms with Gasteiger partial charge in [-0.3, -0.25) is 9.89 Å². The zero-order valence-electron chi connectivity index (χ0n) is 16.8. The second kappa shape index (κ2) is 12.4. The smallest absolute Gasteiger partial charge is 0.191 e. The highest BCUT2D eigenvalue weighted by atomic mass is 127. The predicted molar refractivity (Wildman–Crippen MR) is 132 cm³/mol. The highest BCUT2D eigenvalue weighted by Crippen LogP contribution is 2.37. The Morgan fingerprint density at radius 3 is 2.64 bits per heavy atom. The Labute approximate surface area is 195 Å². The second-order valence-corrected chi connectivity index (χ2v) is 9.00. The van der Waals surface area contributed by atoms with Crippen LogP contribution in [0.2, 0.25) is 5.15 Å². The van der Waals surface area contributed by atoms with Gasteiger partial charge in [0.1, 0.15) is 5.15 Å². The molecule has 0 bridgehead atoms. The van der Waals surface area contributed by atoms with Crippen molar-refractivity contribution in [3.8, 4) is 0 Å². The topological polar surface area (TPSA) is 52.6 Å². The van der Waals surface area contributed by atoms with Gasteiger partial charge < -0.3 is 10.6 Å². The molecule has 2 fully saturated rings. The lowest BCUT2D eigenvalue weighted by molar-refractivity contribution is 0.112. The van der Waals surface area contributed by atoms with Crippen LogP contribution in [0.4, 0.5) is 0 Å². The molecule has 2 heterocycles. The fourth-order valence-electron chi connectivity index (χ4n) is 4.09.